The highest BCUT2D eigenvalue weighted by molar-refractivity contribution is 8.06. The van der Waals surface area contributed by atoms with Gasteiger partial charge in [0.1, 0.15) is 0 Å². The van der Waals surface area contributed by atoms with Crippen molar-refractivity contribution in [3.05, 3.63) is 42.0 Å². The van der Waals surface area contributed by atoms with E-state index in [0.717, 1.165) is 32.6 Å². The summed E-state index contributed by atoms with van der Waals surface area (Å²) in [5.74, 6) is -0.829. The van der Waals surface area contributed by atoms with E-state index >= 15 is 0 Å². The molecule has 1 atom stereocenters. The first-order valence-electron chi connectivity index (χ1n) is 5.72. The van der Waals surface area contributed by atoms with Gasteiger partial charge < -0.3 is 9.67 Å². The van der Waals surface area contributed by atoms with Crippen molar-refractivity contribution in [1.82, 2.24) is 0 Å². The second-order valence-corrected chi connectivity index (χ2v) is 7.30. The highest BCUT2D eigenvalue weighted by Crippen LogP contribution is 2.68. The number of hydrogen-bond acceptors (Lipinski definition) is 2. The van der Waals surface area contributed by atoms with E-state index in [4.69, 9.17) is 5.11 Å². The Morgan fingerprint density at radius 2 is 1.72 bits per heavy atom. The molecular formula is C14H9O3P. The zero-order valence-electron chi connectivity index (χ0n) is 9.38. The molecule has 3 nitrogen and oxygen atoms in total. The number of carboxylic acids is 1. The maximum atomic E-state index is 12.1. The summed E-state index contributed by atoms with van der Waals surface area (Å²) in [5.41, 5.74) is 2.85. The highest BCUT2D eigenvalue weighted by Gasteiger charge is 2.67. The van der Waals surface area contributed by atoms with Crippen molar-refractivity contribution in [1.29, 1.82) is 0 Å². The first-order valence-corrected chi connectivity index (χ1v) is 7.43. The lowest BCUT2D eigenvalue weighted by Crippen LogP contribution is -2.10. The van der Waals surface area contributed by atoms with Crippen LogP contribution in [0.4, 0.5) is 0 Å². The van der Waals surface area contributed by atoms with Gasteiger partial charge in [0.15, 0.2) is 7.14 Å². The van der Waals surface area contributed by atoms with Crippen molar-refractivity contribution in [2.24, 2.45) is 0 Å². The fraction of sp³-hybridized carbons (Fsp3) is 0.0714. The summed E-state index contributed by atoms with van der Waals surface area (Å²) in [5, 5.41) is 11.9. The Bertz CT molecular complexity index is 759. The fourth-order valence-corrected chi connectivity index (χ4v) is 5.43. The third kappa shape index (κ3) is 1.10. The lowest BCUT2D eigenvalue weighted by atomic mass is 10.0. The minimum Gasteiger partial charge on any atom is -0.481 e. The topological polar surface area (TPSA) is 54.4 Å². The van der Waals surface area contributed by atoms with Gasteiger partial charge >= 0.3 is 5.97 Å². The summed E-state index contributed by atoms with van der Waals surface area (Å²) < 4.78 is 12.1. The molecule has 0 aliphatic carbocycles. The second kappa shape index (κ2) is 2.93. The third-order valence-corrected chi connectivity index (χ3v) is 6.41. The smallest absolute Gasteiger partial charge is 0.307 e. The van der Waals surface area contributed by atoms with Crippen LogP contribution in [-0.4, -0.2) is 11.1 Å². The molecule has 0 saturated heterocycles. The van der Waals surface area contributed by atoms with Crippen LogP contribution in [0.3, 0.4) is 0 Å². The van der Waals surface area contributed by atoms with Gasteiger partial charge in [-0.2, -0.15) is 0 Å². The summed E-state index contributed by atoms with van der Waals surface area (Å²) in [6.45, 7) is 0. The molecule has 4 heteroatoms. The first-order chi connectivity index (χ1) is 8.62. The van der Waals surface area contributed by atoms with Gasteiger partial charge in [0.05, 0.1) is 6.42 Å². The average molecular weight is 256 g/mol. The van der Waals surface area contributed by atoms with E-state index in [0.29, 0.717) is 0 Å². The average Bonchev–Trinajstić information content (AvgIpc) is 3.18. The van der Waals surface area contributed by atoms with Crippen molar-refractivity contribution < 1.29 is 14.5 Å². The molecule has 1 unspecified atom stereocenters. The zero-order valence-corrected chi connectivity index (χ0v) is 10.3. The summed E-state index contributed by atoms with van der Waals surface area (Å²) >= 11 is 0. The van der Waals surface area contributed by atoms with Gasteiger partial charge in [-0.05, 0) is 22.8 Å². The van der Waals surface area contributed by atoms with Crippen LogP contribution in [0.5, 0.6) is 0 Å². The van der Waals surface area contributed by atoms with E-state index in [1.54, 1.807) is 0 Å². The highest BCUT2D eigenvalue weighted by atomic mass is 31.2. The number of aliphatic carboxylic acids is 1. The molecule has 88 valence electrons. The van der Waals surface area contributed by atoms with Crippen LogP contribution in [0.15, 0.2) is 36.4 Å². The zero-order chi connectivity index (χ0) is 12.5. The molecule has 3 aliphatic rings. The van der Waals surface area contributed by atoms with E-state index in [2.05, 4.69) is 0 Å². The molecule has 0 spiro atoms. The van der Waals surface area contributed by atoms with Gasteiger partial charge in [0.2, 0.25) is 0 Å². The molecule has 0 radical (unpaired) electrons. The van der Waals surface area contributed by atoms with Crippen LogP contribution in [-0.2, 0) is 15.8 Å². The molecule has 0 aromatic heterocycles. The molecule has 2 aromatic rings. The molecule has 3 heterocycles. The Kier molecular flexibility index (Phi) is 1.64. The van der Waals surface area contributed by atoms with Crippen LogP contribution in [0.25, 0.3) is 11.1 Å². The van der Waals surface area contributed by atoms with E-state index < -0.39 is 13.1 Å². The number of carbonyl (C=O) groups is 1. The minimum atomic E-state index is -2.06. The lowest BCUT2D eigenvalue weighted by molar-refractivity contribution is -0.136. The Morgan fingerprint density at radius 1 is 1.06 bits per heavy atom. The SMILES string of the molecule is O=C(O)Cc1ccc(-c2ccc3c4c2P34=O)cc1. The van der Waals surface area contributed by atoms with Crippen LogP contribution in [0.1, 0.15) is 5.56 Å². The van der Waals surface area contributed by atoms with Crippen molar-refractivity contribution >= 4 is 29.0 Å². The van der Waals surface area contributed by atoms with E-state index in [-0.39, 0.29) is 6.42 Å². The molecule has 1 N–H and O–H groups in total. The number of hydrogen-bond donors (Lipinski definition) is 1. The Labute approximate surface area is 103 Å². The van der Waals surface area contributed by atoms with Crippen LogP contribution in [0.2, 0.25) is 0 Å². The quantitative estimate of drug-likeness (QED) is 0.561. The van der Waals surface area contributed by atoms with E-state index in [1.165, 1.54) is 0 Å². The van der Waals surface area contributed by atoms with Crippen LogP contribution < -0.4 is 15.9 Å². The summed E-state index contributed by atoms with van der Waals surface area (Å²) in [7, 11) is -2.06. The van der Waals surface area contributed by atoms with Crippen LogP contribution in [0, 0.1) is 0 Å². The number of fused-ring (bicyclic) bond motifs is 2. The molecule has 0 saturated carbocycles. The van der Waals surface area contributed by atoms with Gasteiger partial charge in [-0.25, -0.2) is 0 Å². The van der Waals surface area contributed by atoms with Crippen LogP contribution >= 0.6 is 7.14 Å². The second-order valence-electron chi connectivity index (χ2n) is 4.71. The van der Waals surface area contributed by atoms with Crippen molar-refractivity contribution in [3.63, 3.8) is 0 Å². The Morgan fingerprint density at radius 3 is 2.28 bits per heavy atom. The first kappa shape index (κ1) is 10.1. The van der Waals surface area contributed by atoms with Gasteiger partial charge in [-0.1, -0.05) is 30.3 Å². The number of rotatable bonds is 3. The lowest BCUT2D eigenvalue weighted by Gasteiger charge is -2.05. The summed E-state index contributed by atoms with van der Waals surface area (Å²) in [6, 6.07) is 11.4. The largest absolute Gasteiger partial charge is 0.481 e. The fourth-order valence-electron chi connectivity index (χ4n) is 2.60. The van der Waals surface area contributed by atoms with E-state index in [9.17, 15) is 9.36 Å². The molecule has 0 fully saturated rings. The molecule has 3 aliphatic heterocycles. The van der Waals surface area contributed by atoms with Gasteiger partial charge in [-0.15, -0.1) is 0 Å². The standard InChI is InChI=1S/C14H9O3P/c15-12(16)7-8-1-3-9(4-2-8)10-5-6-11-14-13(10)18(11,14)17/h1-6H,7H2,(H,15,16). The third-order valence-electron chi connectivity index (χ3n) is 3.62. The molecule has 2 aromatic carbocycles. The van der Waals surface area contributed by atoms with Crippen molar-refractivity contribution in [2.75, 3.05) is 0 Å². The summed E-state index contributed by atoms with van der Waals surface area (Å²) in [4.78, 5) is 10.6. The maximum absolute atomic E-state index is 12.1. The van der Waals surface area contributed by atoms with Gasteiger partial charge in [-0.3, -0.25) is 4.79 Å². The minimum absolute atomic E-state index is 0.0375. The normalized spacial score (nSPS) is 21.3. The molecule has 2 bridgehead atoms. The summed E-state index contributed by atoms with van der Waals surface area (Å²) in [6.07, 6.45) is 0.0375. The monoisotopic (exact) mass is 256 g/mol. The van der Waals surface area contributed by atoms with Crippen molar-refractivity contribution in [2.45, 2.75) is 6.42 Å². The molecular weight excluding hydrogens is 247 g/mol. The number of carboxylic acid groups (broad SMARTS) is 1. The van der Waals surface area contributed by atoms with Gasteiger partial charge in [0.25, 0.3) is 0 Å². The maximum Gasteiger partial charge on any atom is 0.307 e. The van der Waals surface area contributed by atoms with Crippen molar-refractivity contribution in [3.8, 4) is 11.1 Å². The Balaban J connectivity index is 1.71. The van der Waals surface area contributed by atoms with Gasteiger partial charge in [0, 0.05) is 15.9 Å². The molecule has 18 heavy (non-hydrogen) atoms. The number of benzene rings is 2. The molecule has 0 amide bonds. The van der Waals surface area contributed by atoms with E-state index in [1.807, 2.05) is 36.4 Å². The Hall–Kier alpha value is -1.86. The molecule has 5 rings (SSSR count). The predicted octanol–water partition coefficient (Wildman–Crippen LogP) is 1.25. The predicted molar refractivity (Wildman–Crippen MR) is 69.7 cm³/mol.